The van der Waals surface area contributed by atoms with E-state index in [-0.39, 0.29) is 27.8 Å². The Morgan fingerprint density at radius 3 is 2.62 bits per heavy atom. The minimum atomic E-state index is -0.517. The van der Waals surface area contributed by atoms with E-state index in [0.717, 1.165) is 0 Å². The third kappa shape index (κ3) is 3.42. The van der Waals surface area contributed by atoms with Crippen LogP contribution in [0.25, 0.3) is 0 Å². The third-order valence-electron chi connectivity index (χ3n) is 3.28. The number of rotatable bonds is 4. The average Bonchev–Trinajstić information content (AvgIpc) is 2.83. The highest BCUT2D eigenvalue weighted by molar-refractivity contribution is 8.00. The fourth-order valence-corrected chi connectivity index (χ4v) is 3.14. The molecular weight excluding hydrogens is 355 g/mol. The second-order valence-corrected chi connectivity index (χ2v) is 6.41. The molecule has 1 heterocycles. The number of halogens is 2. The number of carbonyl (C=O) groups excluding carboxylic acids is 3. The Morgan fingerprint density at radius 2 is 1.88 bits per heavy atom. The molecule has 0 aromatic heterocycles. The average molecular weight is 365 g/mol. The largest absolute Gasteiger partial charge is 0.325 e. The Balaban J connectivity index is 1.63. The van der Waals surface area contributed by atoms with Gasteiger partial charge in [-0.15, -0.1) is 11.8 Å². The van der Waals surface area contributed by atoms with Crippen molar-refractivity contribution in [2.75, 3.05) is 11.1 Å². The SMILES string of the molecule is O=C(CSc1ccc(F)c(Cl)c1)Nc1ccc2c(c1)C(=O)NC2=O. The Labute approximate surface area is 145 Å². The van der Waals surface area contributed by atoms with E-state index in [4.69, 9.17) is 11.6 Å². The molecule has 8 heteroatoms. The molecule has 24 heavy (non-hydrogen) atoms. The molecule has 0 bridgehead atoms. The lowest BCUT2D eigenvalue weighted by molar-refractivity contribution is -0.113. The molecule has 3 amide bonds. The summed E-state index contributed by atoms with van der Waals surface area (Å²) in [6.45, 7) is 0. The van der Waals surface area contributed by atoms with Gasteiger partial charge in [0.25, 0.3) is 11.8 Å². The van der Waals surface area contributed by atoms with Crippen LogP contribution in [0.4, 0.5) is 10.1 Å². The van der Waals surface area contributed by atoms with E-state index in [1.807, 2.05) is 0 Å². The maximum atomic E-state index is 13.1. The number of benzene rings is 2. The van der Waals surface area contributed by atoms with Crippen molar-refractivity contribution in [2.45, 2.75) is 4.90 Å². The Morgan fingerprint density at radius 1 is 1.12 bits per heavy atom. The van der Waals surface area contributed by atoms with Crippen LogP contribution in [-0.2, 0) is 4.79 Å². The van der Waals surface area contributed by atoms with E-state index in [1.54, 1.807) is 6.07 Å². The maximum Gasteiger partial charge on any atom is 0.259 e. The monoisotopic (exact) mass is 364 g/mol. The number of carbonyl (C=O) groups is 3. The van der Waals surface area contributed by atoms with Gasteiger partial charge in [-0.3, -0.25) is 19.7 Å². The number of imide groups is 1. The zero-order valence-corrected chi connectivity index (χ0v) is 13.6. The summed E-state index contributed by atoms with van der Waals surface area (Å²) < 4.78 is 13.1. The van der Waals surface area contributed by atoms with Crippen LogP contribution in [0.5, 0.6) is 0 Å². The molecule has 0 saturated heterocycles. The summed E-state index contributed by atoms with van der Waals surface area (Å²) in [6, 6.07) is 8.70. The first kappa shape index (κ1) is 16.5. The maximum absolute atomic E-state index is 13.1. The van der Waals surface area contributed by atoms with E-state index in [1.165, 1.54) is 42.1 Å². The molecule has 1 aliphatic rings. The van der Waals surface area contributed by atoms with Crippen molar-refractivity contribution < 1.29 is 18.8 Å². The highest BCUT2D eigenvalue weighted by atomic mass is 35.5. The lowest BCUT2D eigenvalue weighted by Gasteiger charge is -2.06. The van der Waals surface area contributed by atoms with Crippen molar-refractivity contribution in [1.29, 1.82) is 0 Å². The molecule has 122 valence electrons. The number of thioether (sulfide) groups is 1. The van der Waals surface area contributed by atoms with E-state index in [0.29, 0.717) is 10.6 Å². The summed E-state index contributed by atoms with van der Waals surface area (Å²) in [5.41, 5.74) is 0.936. The number of hydrogen-bond acceptors (Lipinski definition) is 4. The molecule has 0 unspecified atom stereocenters. The lowest BCUT2D eigenvalue weighted by Crippen LogP contribution is -2.19. The fourth-order valence-electron chi connectivity index (χ4n) is 2.16. The highest BCUT2D eigenvalue weighted by Gasteiger charge is 2.26. The van der Waals surface area contributed by atoms with Gasteiger partial charge in [-0.1, -0.05) is 11.6 Å². The topological polar surface area (TPSA) is 75.3 Å². The standard InChI is InChI=1S/C16H10ClFN2O3S/c17-12-6-9(2-4-13(12)18)24-7-14(21)19-8-1-3-10-11(5-8)16(23)20-15(10)22/h1-6H,7H2,(H,19,21)(H,20,22,23). The highest BCUT2D eigenvalue weighted by Crippen LogP contribution is 2.25. The van der Waals surface area contributed by atoms with Crippen LogP contribution in [0.2, 0.25) is 5.02 Å². The lowest BCUT2D eigenvalue weighted by atomic mass is 10.1. The summed E-state index contributed by atoms with van der Waals surface area (Å²) in [5.74, 6) is -1.66. The Kier molecular flexibility index (Phi) is 4.55. The van der Waals surface area contributed by atoms with Gasteiger partial charge in [0.15, 0.2) is 0 Å². The smallest absolute Gasteiger partial charge is 0.259 e. The minimum Gasteiger partial charge on any atom is -0.325 e. The summed E-state index contributed by atoms with van der Waals surface area (Å²) in [5, 5.41) is 4.82. The molecule has 2 aromatic rings. The molecule has 0 radical (unpaired) electrons. The second kappa shape index (κ2) is 6.62. The van der Waals surface area contributed by atoms with Crippen LogP contribution in [0.15, 0.2) is 41.3 Å². The molecule has 3 rings (SSSR count). The first-order valence-electron chi connectivity index (χ1n) is 6.81. The van der Waals surface area contributed by atoms with Crippen LogP contribution in [0.3, 0.4) is 0 Å². The van der Waals surface area contributed by atoms with Gasteiger partial charge in [-0.25, -0.2) is 4.39 Å². The number of nitrogens with one attached hydrogen (secondary N) is 2. The molecule has 2 aromatic carbocycles. The molecule has 0 saturated carbocycles. The molecule has 1 aliphatic heterocycles. The summed E-state index contributed by atoms with van der Waals surface area (Å²) in [4.78, 5) is 35.7. The van der Waals surface area contributed by atoms with Crippen LogP contribution in [-0.4, -0.2) is 23.5 Å². The van der Waals surface area contributed by atoms with Gasteiger partial charge < -0.3 is 5.32 Å². The summed E-state index contributed by atoms with van der Waals surface area (Å²) in [7, 11) is 0. The molecule has 0 spiro atoms. The number of amides is 3. The van der Waals surface area contributed by atoms with Gasteiger partial charge in [0.1, 0.15) is 5.82 Å². The van der Waals surface area contributed by atoms with E-state index < -0.39 is 17.6 Å². The number of anilines is 1. The normalized spacial score (nSPS) is 12.8. The summed E-state index contributed by atoms with van der Waals surface area (Å²) >= 11 is 6.88. The number of fused-ring (bicyclic) bond motifs is 1. The number of hydrogen-bond donors (Lipinski definition) is 2. The zero-order chi connectivity index (χ0) is 17.3. The van der Waals surface area contributed by atoms with Crippen molar-refractivity contribution in [3.63, 3.8) is 0 Å². The van der Waals surface area contributed by atoms with Crippen molar-refractivity contribution in [2.24, 2.45) is 0 Å². The fraction of sp³-hybridized carbons (Fsp3) is 0.0625. The molecule has 0 aliphatic carbocycles. The molecule has 0 atom stereocenters. The minimum absolute atomic E-state index is 0.00490. The van der Waals surface area contributed by atoms with Gasteiger partial charge in [-0.05, 0) is 36.4 Å². The second-order valence-electron chi connectivity index (χ2n) is 4.96. The Bertz CT molecular complexity index is 872. The van der Waals surface area contributed by atoms with Crippen molar-refractivity contribution >= 4 is 46.8 Å². The van der Waals surface area contributed by atoms with Crippen molar-refractivity contribution in [1.82, 2.24) is 5.32 Å². The van der Waals surface area contributed by atoms with Crippen molar-refractivity contribution in [3.05, 3.63) is 58.4 Å². The third-order valence-corrected chi connectivity index (χ3v) is 4.56. The molecule has 5 nitrogen and oxygen atoms in total. The van der Waals surface area contributed by atoms with E-state index in [9.17, 15) is 18.8 Å². The van der Waals surface area contributed by atoms with Crippen LogP contribution < -0.4 is 10.6 Å². The zero-order valence-electron chi connectivity index (χ0n) is 12.1. The quantitative estimate of drug-likeness (QED) is 0.645. The molecule has 2 N–H and O–H groups in total. The summed E-state index contributed by atoms with van der Waals surface area (Å²) in [6.07, 6.45) is 0. The van der Waals surface area contributed by atoms with Gasteiger partial charge in [-0.2, -0.15) is 0 Å². The van der Waals surface area contributed by atoms with E-state index in [2.05, 4.69) is 10.6 Å². The van der Waals surface area contributed by atoms with E-state index >= 15 is 0 Å². The van der Waals surface area contributed by atoms with Gasteiger partial charge in [0.2, 0.25) is 5.91 Å². The van der Waals surface area contributed by atoms with Crippen LogP contribution in [0.1, 0.15) is 20.7 Å². The predicted octanol–water partition coefficient (Wildman–Crippen LogP) is 3.09. The molecular formula is C16H10ClFN2O3S. The van der Waals surface area contributed by atoms with Crippen molar-refractivity contribution in [3.8, 4) is 0 Å². The van der Waals surface area contributed by atoms with Crippen LogP contribution >= 0.6 is 23.4 Å². The van der Waals surface area contributed by atoms with Gasteiger partial charge >= 0.3 is 0 Å². The van der Waals surface area contributed by atoms with Gasteiger partial charge in [0, 0.05) is 10.6 Å². The predicted molar refractivity (Wildman–Crippen MR) is 89.0 cm³/mol. The Hall–Kier alpha value is -2.38. The molecule has 0 fully saturated rings. The van der Waals surface area contributed by atoms with Gasteiger partial charge in [0.05, 0.1) is 21.9 Å². The van der Waals surface area contributed by atoms with Crippen LogP contribution in [0, 0.1) is 5.82 Å². The first-order valence-corrected chi connectivity index (χ1v) is 8.18. The first-order chi connectivity index (χ1) is 11.4.